The van der Waals surface area contributed by atoms with E-state index in [0.717, 1.165) is 12.0 Å². The topological polar surface area (TPSA) is 75.4 Å². The molecule has 2 aromatic rings. The minimum atomic E-state index is -0.485. The van der Waals surface area contributed by atoms with Gasteiger partial charge < -0.3 is 14.6 Å². The maximum Gasteiger partial charge on any atom is 0.290 e. The molecule has 2 amide bonds. The zero-order valence-corrected chi connectivity index (χ0v) is 12.3. The van der Waals surface area contributed by atoms with E-state index in [0.29, 0.717) is 18.8 Å². The Labute approximate surface area is 128 Å². The Morgan fingerprint density at radius 1 is 1.36 bits per heavy atom. The number of hydrogen-bond acceptors (Lipinski definition) is 4. The van der Waals surface area contributed by atoms with E-state index < -0.39 is 6.04 Å². The van der Waals surface area contributed by atoms with Crippen molar-refractivity contribution in [1.29, 1.82) is 0 Å². The van der Waals surface area contributed by atoms with Crippen LogP contribution in [0.4, 0.5) is 5.82 Å². The molecule has 0 bridgehead atoms. The summed E-state index contributed by atoms with van der Waals surface area (Å²) >= 11 is 0. The summed E-state index contributed by atoms with van der Waals surface area (Å²) in [5.41, 5.74) is 1.02. The van der Waals surface area contributed by atoms with E-state index in [-0.39, 0.29) is 17.6 Å². The Bertz CT molecular complexity index is 664. The van der Waals surface area contributed by atoms with Crippen LogP contribution < -0.4 is 5.32 Å². The van der Waals surface area contributed by atoms with Gasteiger partial charge in [-0.25, -0.2) is 4.98 Å². The van der Waals surface area contributed by atoms with Gasteiger partial charge in [-0.1, -0.05) is 6.07 Å². The van der Waals surface area contributed by atoms with E-state index in [1.807, 2.05) is 13.0 Å². The molecule has 0 saturated carbocycles. The molecule has 3 heterocycles. The molecule has 1 fully saturated rings. The van der Waals surface area contributed by atoms with Gasteiger partial charge in [0.2, 0.25) is 5.91 Å². The Hall–Kier alpha value is -2.63. The zero-order valence-electron chi connectivity index (χ0n) is 12.3. The van der Waals surface area contributed by atoms with E-state index in [1.54, 1.807) is 29.3 Å². The monoisotopic (exact) mass is 299 g/mol. The van der Waals surface area contributed by atoms with Crippen molar-refractivity contribution in [2.24, 2.45) is 0 Å². The molecule has 0 radical (unpaired) electrons. The predicted molar refractivity (Wildman–Crippen MR) is 80.4 cm³/mol. The van der Waals surface area contributed by atoms with Gasteiger partial charge in [-0.05, 0) is 43.5 Å². The molecule has 114 valence electrons. The van der Waals surface area contributed by atoms with E-state index in [2.05, 4.69) is 10.3 Å². The molecule has 1 saturated heterocycles. The molecule has 1 N–H and O–H groups in total. The molecular weight excluding hydrogens is 282 g/mol. The van der Waals surface area contributed by atoms with Gasteiger partial charge in [-0.3, -0.25) is 9.59 Å². The van der Waals surface area contributed by atoms with Crippen molar-refractivity contribution < 1.29 is 14.0 Å². The summed E-state index contributed by atoms with van der Waals surface area (Å²) in [6, 6.07) is 6.41. The first-order valence-corrected chi connectivity index (χ1v) is 7.23. The lowest BCUT2D eigenvalue weighted by atomic mass is 10.2. The molecule has 1 atom stereocenters. The highest BCUT2D eigenvalue weighted by atomic mass is 16.3. The van der Waals surface area contributed by atoms with Crippen LogP contribution in [0.3, 0.4) is 0 Å². The number of furan rings is 1. The van der Waals surface area contributed by atoms with Crippen molar-refractivity contribution in [3.05, 3.63) is 48.0 Å². The van der Waals surface area contributed by atoms with Gasteiger partial charge in [0.1, 0.15) is 11.9 Å². The second kappa shape index (κ2) is 6.01. The van der Waals surface area contributed by atoms with Gasteiger partial charge in [0.25, 0.3) is 5.91 Å². The summed E-state index contributed by atoms with van der Waals surface area (Å²) in [4.78, 5) is 30.5. The van der Waals surface area contributed by atoms with Crippen LogP contribution in [0.15, 0.2) is 41.1 Å². The normalized spacial score (nSPS) is 17.5. The Morgan fingerprint density at radius 3 is 2.91 bits per heavy atom. The van der Waals surface area contributed by atoms with E-state index in [1.165, 1.54) is 6.26 Å². The van der Waals surface area contributed by atoms with Crippen molar-refractivity contribution >= 4 is 17.6 Å². The molecule has 6 nitrogen and oxygen atoms in total. The molecule has 0 aliphatic carbocycles. The number of hydrogen-bond donors (Lipinski definition) is 1. The van der Waals surface area contributed by atoms with Gasteiger partial charge in [0.15, 0.2) is 5.76 Å². The molecule has 3 rings (SSSR count). The first-order valence-electron chi connectivity index (χ1n) is 7.23. The van der Waals surface area contributed by atoms with Crippen LogP contribution in [0.2, 0.25) is 0 Å². The van der Waals surface area contributed by atoms with Crippen LogP contribution in [0, 0.1) is 6.92 Å². The number of nitrogens with one attached hydrogen (secondary N) is 1. The van der Waals surface area contributed by atoms with Crippen molar-refractivity contribution in [2.45, 2.75) is 25.8 Å². The number of anilines is 1. The van der Waals surface area contributed by atoms with Crippen LogP contribution in [0.5, 0.6) is 0 Å². The maximum atomic E-state index is 12.4. The van der Waals surface area contributed by atoms with Crippen LogP contribution in [0.1, 0.15) is 29.0 Å². The molecule has 0 unspecified atom stereocenters. The fourth-order valence-electron chi connectivity index (χ4n) is 2.58. The summed E-state index contributed by atoms with van der Waals surface area (Å²) in [6.45, 7) is 2.48. The number of likely N-dealkylation sites (tertiary alicyclic amines) is 1. The van der Waals surface area contributed by atoms with Crippen LogP contribution in [-0.2, 0) is 4.79 Å². The number of rotatable bonds is 3. The molecule has 0 spiro atoms. The summed E-state index contributed by atoms with van der Waals surface area (Å²) < 4.78 is 5.13. The lowest BCUT2D eigenvalue weighted by molar-refractivity contribution is -0.119. The number of pyridine rings is 1. The number of aromatic nitrogens is 1. The lowest BCUT2D eigenvalue weighted by Crippen LogP contribution is -2.43. The number of amides is 2. The van der Waals surface area contributed by atoms with Crippen molar-refractivity contribution in [1.82, 2.24) is 9.88 Å². The van der Waals surface area contributed by atoms with Gasteiger partial charge in [0.05, 0.1) is 6.26 Å². The highest BCUT2D eigenvalue weighted by molar-refractivity contribution is 6.00. The van der Waals surface area contributed by atoms with Crippen molar-refractivity contribution in [3.63, 3.8) is 0 Å². The number of carbonyl (C=O) groups excluding carboxylic acids is 2. The Morgan fingerprint density at radius 2 is 2.23 bits per heavy atom. The van der Waals surface area contributed by atoms with Crippen molar-refractivity contribution in [2.75, 3.05) is 11.9 Å². The molecule has 1 aliphatic rings. The lowest BCUT2D eigenvalue weighted by Gasteiger charge is -2.22. The minimum Gasteiger partial charge on any atom is -0.459 e. The largest absolute Gasteiger partial charge is 0.459 e. The third kappa shape index (κ3) is 2.86. The van der Waals surface area contributed by atoms with E-state index in [9.17, 15) is 9.59 Å². The summed E-state index contributed by atoms with van der Waals surface area (Å²) in [6.07, 6.45) is 4.58. The smallest absolute Gasteiger partial charge is 0.290 e. The summed E-state index contributed by atoms with van der Waals surface area (Å²) in [7, 11) is 0. The first kappa shape index (κ1) is 14.3. The number of carbonyl (C=O) groups is 2. The van der Waals surface area contributed by atoms with Gasteiger partial charge in [-0.2, -0.15) is 0 Å². The average molecular weight is 299 g/mol. The standard InChI is InChI=1S/C16H17N3O3/c1-11-6-7-14(17-10-11)18-15(20)12-4-2-8-19(12)16(21)13-5-3-9-22-13/h3,5-7,9-10,12H,2,4,8H2,1H3,(H,17,18,20)/t12-/m1/s1. The summed E-state index contributed by atoms with van der Waals surface area (Å²) in [5, 5.41) is 2.77. The molecule has 2 aromatic heterocycles. The minimum absolute atomic E-state index is 0.214. The summed E-state index contributed by atoms with van der Waals surface area (Å²) in [5.74, 6) is 0.286. The fraction of sp³-hybridized carbons (Fsp3) is 0.312. The highest BCUT2D eigenvalue weighted by Gasteiger charge is 2.35. The van der Waals surface area contributed by atoms with E-state index >= 15 is 0 Å². The first-order chi connectivity index (χ1) is 10.6. The fourth-order valence-corrected chi connectivity index (χ4v) is 2.58. The van der Waals surface area contributed by atoms with Gasteiger partial charge in [0, 0.05) is 12.7 Å². The van der Waals surface area contributed by atoms with Crippen molar-refractivity contribution in [3.8, 4) is 0 Å². The van der Waals surface area contributed by atoms with Crippen LogP contribution in [-0.4, -0.2) is 34.3 Å². The number of nitrogens with zero attached hydrogens (tertiary/aromatic N) is 2. The maximum absolute atomic E-state index is 12.4. The Kier molecular flexibility index (Phi) is 3.91. The second-order valence-corrected chi connectivity index (χ2v) is 5.34. The molecular formula is C16H17N3O3. The van der Waals surface area contributed by atoms with Crippen LogP contribution in [0.25, 0.3) is 0 Å². The van der Waals surface area contributed by atoms with E-state index in [4.69, 9.17) is 4.42 Å². The zero-order chi connectivity index (χ0) is 15.5. The third-order valence-corrected chi connectivity index (χ3v) is 3.71. The van der Waals surface area contributed by atoms with Gasteiger partial charge in [-0.15, -0.1) is 0 Å². The van der Waals surface area contributed by atoms with Crippen LogP contribution >= 0.6 is 0 Å². The molecule has 6 heteroatoms. The SMILES string of the molecule is Cc1ccc(NC(=O)[C@H]2CCCN2C(=O)c2ccco2)nc1. The Balaban J connectivity index is 1.71. The molecule has 1 aliphatic heterocycles. The van der Waals surface area contributed by atoms with Gasteiger partial charge >= 0.3 is 0 Å². The quantitative estimate of drug-likeness (QED) is 0.943. The molecule has 0 aromatic carbocycles. The third-order valence-electron chi connectivity index (χ3n) is 3.71. The average Bonchev–Trinajstić information content (AvgIpc) is 3.20. The number of aryl methyl sites for hydroxylation is 1. The highest BCUT2D eigenvalue weighted by Crippen LogP contribution is 2.21. The second-order valence-electron chi connectivity index (χ2n) is 5.34. The molecule has 22 heavy (non-hydrogen) atoms. The predicted octanol–water partition coefficient (Wildman–Crippen LogP) is 2.23.